The molecule has 6 heavy (non-hydrogen) atoms. The number of carbonyl (C=O) groups excluding carboxylic acids is 1. The zero-order valence-corrected chi connectivity index (χ0v) is 3.86. The van der Waals surface area contributed by atoms with Gasteiger partial charge in [0.25, 0.3) is 5.91 Å². The Bertz CT molecular complexity index is 99.0. The molecule has 1 aliphatic rings. The highest BCUT2D eigenvalue weighted by Crippen LogP contribution is 2.02. The van der Waals surface area contributed by atoms with Crippen LogP contribution in [0.15, 0.2) is 4.99 Å². The Kier molecular flexibility index (Phi) is 0.919. The van der Waals surface area contributed by atoms with Gasteiger partial charge in [0, 0.05) is 0 Å². The van der Waals surface area contributed by atoms with E-state index in [1.165, 1.54) is 11.8 Å². The molecule has 0 bridgehead atoms. The van der Waals surface area contributed by atoms with E-state index in [1.54, 1.807) is 5.55 Å². The molecule has 0 aromatic carbocycles. The fourth-order valence-electron chi connectivity index (χ4n) is 0.242. The van der Waals surface area contributed by atoms with Crippen molar-refractivity contribution in [2.24, 2.45) is 4.99 Å². The quantitative estimate of drug-likeness (QED) is 0.439. The van der Waals surface area contributed by atoms with Gasteiger partial charge in [-0.05, 0) is 0 Å². The number of thioether (sulfide) groups is 1. The van der Waals surface area contributed by atoms with E-state index in [0.717, 1.165) is 0 Å². The fourth-order valence-corrected chi connectivity index (χ4v) is 0.726. The summed E-state index contributed by atoms with van der Waals surface area (Å²) in [6.07, 6.45) is 0. The highest BCUT2D eigenvalue weighted by molar-refractivity contribution is 8.13. The minimum Gasteiger partial charge on any atom is -0.272 e. The van der Waals surface area contributed by atoms with Crippen LogP contribution < -0.4 is 0 Å². The zero-order valence-electron chi connectivity index (χ0n) is 3.05. The average molecular weight is 101 g/mol. The third kappa shape index (κ3) is 0.597. The molecule has 0 unspecified atom stereocenters. The van der Waals surface area contributed by atoms with Crippen LogP contribution in [-0.2, 0) is 4.79 Å². The number of rotatable bonds is 0. The number of aliphatic imine (C=N–C) groups is 1. The summed E-state index contributed by atoms with van der Waals surface area (Å²) in [4.78, 5) is 13.5. The molecule has 0 saturated heterocycles. The van der Waals surface area contributed by atoms with Crippen molar-refractivity contribution in [3.8, 4) is 0 Å². The first-order chi connectivity index (χ1) is 2.89. The fraction of sp³-hybridized carbons (Fsp3) is 0.333. The highest BCUT2D eigenvalue weighted by atomic mass is 32.2. The van der Waals surface area contributed by atoms with E-state index in [0.29, 0.717) is 5.75 Å². The van der Waals surface area contributed by atoms with Gasteiger partial charge in [-0.15, -0.1) is 11.8 Å². The summed E-state index contributed by atoms with van der Waals surface area (Å²) in [5.74, 6) is 0.528. The van der Waals surface area contributed by atoms with E-state index in [1.807, 2.05) is 0 Å². The van der Waals surface area contributed by atoms with Gasteiger partial charge in [-0.3, -0.25) is 4.79 Å². The standard InChI is InChI=1S/C3H3NOS/c5-3-1-6-2-4-3/h2H,1H2. The van der Waals surface area contributed by atoms with Crippen LogP contribution in [0, 0.1) is 0 Å². The van der Waals surface area contributed by atoms with Crippen molar-refractivity contribution in [1.82, 2.24) is 0 Å². The second kappa shape index (κ2) is 1.43. The van der Waals surface area contributed by atoms with Gasteiger partial charge in [0.15, 0.2) is 0 Å². The summed E-state index contributed by atoms with van der Waals surface area (Å²) >= 11 is 1.44. The Labute approximate surface area is 39.6 Å². The average Bonchev–Trinajstić information content (AvgIpc) is 1.86. The summed E-state index contributed by atoms with van der Waals surface area (Å²) in [5, 5.41) is 0. The van der Waals surface area contributed by atoms with Gasteiger partial charge in [-0.2, -0.15) is 0 Å². The van der Waals surface area contributed by atoms with E-state index >= 15 is 0 Å². The van der Waals surface area contributed by atoms with Gasteiger partial charge in [0.1, 0.15) is 0 Å². The molecule has 2 nitrogen and oxygen atoms in total. The van der Waals surface area contributed by atoms with E-state index in [4.69, 9.17) is 0 Å². The Morgan fingerprint density at radius 3 is 3.00 bits per heavy atom. The van der Waals surface area contributed by atoms with E-state index in [-0.39, 0.29) is 5.91 Å². The van der Waals surface area contributed by atoms with Crippen LogP contribution in [0.3, 0.4) is 0 Å². The normalized spacial score (nSPS) is 19.7. The van der Waals surface area contributed by atoms with Crippen molar-refractivity contribution in [3.05, 3.63) is 0 Å². The zero-order chi connectivity index (χ0) is 4.41. The molecule has 1 aliphatic heterocycles. The smallest absolute Gasteiger partial charge is 0.256 e. The lowest BCUT2D eigenvalue weighted by molar-refractivity contribution is -0.115. The molecule has 0 N–H and O–H groups in total. The maximum absolute atomic E-state index is 10.0. The number of amides is 1. The Morgan fingerprint density at radius 2 is 2.83 bits per heavy atom. The van der Waals surface area contributed by atoms with E-state index in [2.05, 4.69) is 4.99 Å². The van der Waals surface area contributed by atoms with Crippen LogP contribution >= 0.6 is 11.8 Å². The molecule has 1 amide bonds. The molecule has 0 aromatic rings. The van der Waals surface area contributed by atoms with Crippen molar-refractivity contribution in [3.63, 3.8) is 0 Å². The molecule has 1 heterocycles. The molecule has 0 atom stereocenters. The lowest BCUT2D eigenvalue weighted by Gasteiger charge is -1.68. The Morgan fingerprint density at radius 1 is 2.00 bits per heavy atom. The molecular formula is C3H3NOS. The molecule has 32 valence electrons. The maximum atomic E-state index is 10.0. The molecule has 0 aliphatic carbocycles. The number of nitrogens with zero attached hydrogens (tertiary/aromatic N) is 1. The first-order valence-electron chi connectivity index (χ1n) is 1.56. The number of carbonyl (C=O) groups is 1. The summed E-state index contributed by atoms with van der Waals surface area (Å²) in [7, 11) is 0. The van der Waals surface area contributed by atoms with Gasteiger partial charge in [-0.1, -0.05) is 0 Å². The van der Waals surface area contributed by atoms with Crippen molar-refractivity contribution in [2.45, 2.75) is 0 Å². The molecule has 0 radical (unpaired) electrons. The first kappa shape index (κ1) is 3.87. The third-order valence-electron chi connectivity index (χ3n) is 0.478. The third-order valence-corrected chi connectivity index (χ3v) is 1.15. The molecular weight excluding hydrogens is 98.1 g/mol. The Balaban J connectivity index is 2.59. The highest BCUT2D eigenvalue weighted by Gasteiger charge is 2.01. The van der Waals surface area contributed by atoms with Gasteiger partial charge in [-0.25, -0.2) is 4.99 Å². The Hall–Kier alpha value is -0.310. The molecule has 1 rings (SSSR count). The second-order valence-electron chi connectivity index (χ2n) is 0.939. The largest absolute Gasteiger partial charge is 0.272 e. The number of hydrogen-bond donors (Lipinski definition) is 0. The first-order valence-corrected chi connectivity index (χ1v) is 2.61. The van der Waals surface area contributed by atoms with Gasteiger partial charge < -0.3 is 0 Å². The van der Waals surface area contributed by atoms with Crippen molar-refractivity contribution in [2.75, 3.05) is 5.75 Å². The monoisotopic (exact) mass is 101 g/mol. The molecule has 0 spiro atoms. The van der Waals surface area contributed by atoms with Crippen LogP contribution in [-0.4, -0.2) is 17.2 Å². The van der Waals surface area contributed by atoms with Crippen LogP contribution in [0.1, 0.15) is 0 Å². The molecule has 0 saturated carbocycles. The van der Waals surface area contributed by atoms with Crippen molar-refractivity contribution < 1.29 is 4.79 Å². The summed E-state index contributed by atoms with van der Waals surface area (Å²) in [6, 6.07) is 0. The topological polar surface area (TPSA) is 29.4 Å². The van der Waals surface area contributed by atoms with Gasteiger partial charge >= 0.3 is 0 Å². The number of hydrogen-bond acceptors (Lipinski definition) is 2. The minimum absolute atomic E-state index is 0.0139. The van der Waals surface area contributed by atoms with Crippen LogP contribution in [0.4, 0.5) is 0 Å². The molecule has 0 aromatic heterocycles. The van der Waals surface area contributed by atoms with E-state index in [9.17, 15) is 4.79 Å². The van der Waals surface area contributed by atoms with Crippen LogP contribution in [0.5, 0.6) is 0 Å². The van der Waals surface area contributed by atoms with Gasteiger partial charge in [0.2, 0.25) is 0 Å². The lowest BCUT2D eigenvalue weighted by Crippen LogP contribution is -1.86. The summed E-state index contributed by atoms with van der Waals surface area (Å²) in [5.41, 5.74) is 1.57. The van der Waals surface area contributed by atoms with Crippen molar-refractivity contribution >= 4 is 23.2 Å². The maximum Gasteiger partial charge on any atom is 0.256 e. The van der Waals surface area contributed by atoms with Crippen molar-refractivity contribution in [1.29, 1.82) is 0 Å². The van der Waals surface area contributed by atoms with Gasteiger partial charge in [0.05, 0.1) is 11.3 Å². The molecule has 3 heteroatoms. The molecule has 0 fully saturated rings. The predicted molar refractivity (Wildman–Crippen MR) is 26.0 cm³/mol. The lowest BCUT2D eigenvalue weighted by atomic mass is 10.8. The minimum atomic E-state index is -0.0139. The summed E-state index contributed by atoms with van der Waals surface area (Å²) in [6.45, 7) is 0. The van der Waals surface area contributed by atoms with E-state index < -0.39 is 0 Å². The SMILES string of the molecule is O=C1CSC=N1. The second-order valence-corrected chi connectivity index (χ2v) is 1.77. The summed E-state index contributed by atoms with van der Waals surface area (Å²) < 4.78 is 0. The predicted octanol–water partition coefficient (Wildman–Crippen LogP) is 0.288. The van der Waals surface area contributed by atoms with Crippen LogP contribution in [0.25, 0.3) is 0 Å². The van der Waals surface area contributed by atoms with Crippen LogP contribution in [0.2, 0.25) is 0 Å².